The lowest BCUT2D eigenvalue weighted by atomic mass is 9.74. The number of anilines is 1. The number of hydrogen-bond donors (Lipinski definition) is 1. The number of hydrogen-bond acceptors (Lipinski definition) is 6. The normalized spacial score (nSPS) is 35.1. The van der Waals surface area contributed by atoms with Crippen LogP contribution in [0.4, 0.5) is 5.69 Å². The Hall–Kier alpha value is -2.58. The highest BCUT2D eigenvalue weighted by Crippen LogP contribution is 2.65. The third kappa shape index (κ3) is 3.80. The molecule has 4 aliphatic heterocycles. The molecule has 36 heavy (non-hydrogen) atoms. The molecule has 192 valence electrons. The molecule has 2 amide bonds. The van der Waals surface area contributed by atoms with Gasteiger partial charge in [0.05, 0.1) is 29.8 Å². The summed E-state index contributed by atoms with van der Waals surface area (Å²) in [5, 5.41) is 9.85. The Morgan fingerprint density at radius 3 is 2.67 bits per heavy atom. The van der Waals surface area contributed by atoms with Crippen molar-refractivity contribution in [2.75, 3.05) is 31.2 Å². The molecule has 1 aromatic carbocycles. The van der Waals surface area contributed by atoms with Crippen molar-refractivity contribution < 1.29 is 24.2 Å². The molecule has 0 aromatic heterocycles. The molecular weight excluding hydrogens is 476 g/mol. The highest BCUT2D eigenvalue weighted by molar-refractivity contribution is 8.02. The minimum Gasteiger partial charge on any atom is -0.465 e. The van der Waals surface area contributed by atoms with Gasteiger partial charge in [0.15, 0.2) is 0 Å². The van der Waals surface area contributed by atoms with Crippen LogP contribution in [-0.2, 0) is 19.1 Å². The number of aliphatic hydroxyl groups is 1. The number of allylic oxidation sites excluding steroid dienone is 1. The van der Waals surface area contributed by atoms with Crippen molar-refractivity contribution in [1.29, 1.82) is 0 Å². The topological polar surface area (TPSA) is 87.2 Å². The number of ether oxygens (including phenoxy) is 1. The molecule has 1 N–H and O–H groups in total. The summed E-state index contributed by atoms with van der Waals surface area (Å²) < 4.78 is 4.04. The Morgan fingerprint density at radius 2 is 1.89 bits per heavy atom. The first kappa shape index (κ1) is 25.1. The smallest absolute Gasteiger partial charge is 0.311 e. The second kappa shape index (κ2) is 9.38. The summed E-state index contributed by atoms with van der Waals surface area (Å²) in [7, 11) is 0. The summed E-state index contributed by atoms with van der Waals surface area (Å²) in [5.41, 5.74) is 2.83. The number of cyclic esters (lactones) is 1. The summed E-state index contributed by atoms with van der Waals surface area (Å²) in [6, 6.07) is 5.17. The van der Waals surface area contributed by atoms with Crippen molar-refractivity contribution in [1.82, 2.24) is 4.90 Å². The molecule has 1 unspecified atom stereocenters. The SMILES string of the molecule is Cc1ccc(C)c(N2CC=C[C@]34S[C@@]5(C)/C=C\CCCCOC(=O)[C@H]5[C@H]3C(=O)N(CCO)C4C2=O)c1. The first-order chi connectivity index (χ1) is 17.2. The van der Waals surface area contributed by atoms with E-state index in [1.165, 1.54) is 16.7 Å². The van der Waals surface area contributed by atoms with Gasteiger partial charge in [0.25, 0.3) is 5.91 Å². The number of fused-ring (bicyclic) bond motifs is 2. The van der Waals surface area contributed by atoms with Crippen LogP contribution in [0.2, 0.25) is 0 Å². The second-order valence-electron chi connectivity index (χ2n) is 10.5. The number of aryl methyl sites for hydroxylation is 2. The monoisotopic (exact) mass is 510 g/mol. The molecule has 4 heterocycles. The molecule has 0 aliphatic carbocycles. The van der Waals surface area contributed by atoms with Gasteiger partial charge in [-0.1, -0.05) is 36.4 Å². The first-order valence-corrected chi connectivity index (χ1v) is 13.6. The van der Waals surface area contributed by atoms with E-state index >= 15 is 0 Å². The molecule has 4 aliphatic rings. The lowest BCUT2D eigenvalue weighted by Crippen LogP contribution is -2.54. The fraction of sp³-hybridized carbons (Fsp3) is 0.536. The molecule has 8 heteroatoms. The minimum atomic E-state index is -0.938. The highest BCUT2D eigenvalue weighted by atomic mass is 32.2. The molecule has 2 fully saturated rings. The van der Waals surface area contributed by atoms with Crippen LogP contribution in [-0.4, -0.2) is 69.6 Å². The van der Waals surface area contributed by atoms with E-state index in [9.17, 15) is 19.5 Å². The van der Waals surface area contributed by atoms with E-state index in [0.717, 1.165) is 36.1 Å². The van der Waals surface area contributed by atoms with E-state index in [0.29, 0.717) is 13.2 Å². The second-order valence-corrected chi connectivity index (χ2v) is 12.3. The quantitative estimate of drug-likeness (QED) is 0.497. The summed E-state index contributed by atoms with van der Waals surface area (Å²) in [6.45, 7) is 6.43. The third-order valence-electron chi connectivity index (χ3n) is 8.00. The van der Waals surface area contributed by atoms with E-state index in [1.54, 1.807) is 4.90 Å². The Balaban J connectivity index is 1.65. The lowest BCUT2D eigenvalue weighted by Gasteiger charge is -2.37. The number of amides is 2. The number of likely N-dealkylation sites (tertiary alicyclic amines) is 1. The van der Waals surface area contributed by atoms with Crippen LogP contribution in [0.3, 0.4) is 0 Å². The van der Waals surface area contributed by atoms with Gasteiger partial charge in [-0.3, -0.25) is 14.4 Å². The Bertz CT molecular complexity index is 1150. The summed E-state index contributed by atoms with van der Waals surface area (Å²) in [4.78, 5) is 45.1. The molecule has 1 spiro atoms. The van der Waals surface area contributed by atoms with Crippen LogP contribution in [0.5, 0.6) is 0 Å². The summed E-state index contributed by atoms with van der Waals surface area (Å²) >= 11 is 1.53. The van der Waals surface area contributed by atoms with E-state index in [-0.39, 0.29) is 30.9 Å². The number of β-amino-alcohol motifs (C(OH)–C–C–N with tert-alkyl or cyclic N) is 1. The minimum absolute atomic E-state index is 0.0385. The molecular formula is C28H34N2O5S. The van der Waals surface area contributed by atoms with Crippen molar-refractivity contribution in [3.8, 4) is 0 Å². The number of esters is 1. The van der Waals surface area contributed by atoms with E-state index in [2.05, 4.69) is 6.08 Å². The van der Waals surface area contributed by atoms with E-state index in [4.69, 9.17) is 4.74 Å². The van der Waals surface area contributed by atoms with Gasteiger partial charge in [-0.25, -0.2) is 0 Å². The van der Waals surface area contributed by atoms with Crippen LogP contribution >= 0.6 is 11.8 Å². The number of aliphatic hydroxyl groups excluding tert-OH is 1. The van der Waals surface area contributed by atoms with Gasteiger partial charge in [-0.15, -0.1) is 11.8 Å². The molecule has 5 atom stereocenters. The maximum atomic E-state index is 14.4. The molecule has 0 saturated carbocycles. The number of nitrogens with zero attached hydrogens (tertiary/aromatic N) is 2. The van der Waals surface area contributed by atoms with Gasteiger partial charge >= 0.3 is 5.97 Å². The fourth-order valence-corrected chi connectivity index (χ4v) is 8.52. The van der Waals surface area contributed by atoms with Crippen LogP contribution in [0.25, 0.3) is 0 Å². The van der Waals surface area contributed by atoms with Crippen LogP contribution in [0.1, 0.15) is 37.3 Å². The predicted octanol–water partition coefficient (Wildman–Crippen LogP) is 3.17. The van der Waals surface area contributed by atoms with Gasteiger partial charge in [-0.2, -0.15) is 0 Å². The Kier molecular flexibility index (Phi) is 6.53. The zero-order chi connectivity index (χ0) is 25.7. The van der Waals surface area contributed by atoms with Gasteiger partial charge in [0, 0.05) is 23.5 Å². The largest absolute Gasteiger partial charge is 0.465 e. The standard InChI is InChI=1S/C28H34N2O5S/c1-18-9-10-19(2)20(17-18)29-13-8-12-28-21(24(32)30(14-15-31)23(28)25(29)33)22-26(34)35-16-7-5-4-6-11-27(22,3)36-28/h6,8-12,17,21-23,31H,4-5,7,13-16H2,1-3H3/b11-6-/t21-,22+,23?,27-,28-/m0/s1. The lowest BCUT2D eigenvalue weighted by molar-refractivity contribution is -0.154. The van der Waals surface area contributed by atoms with Crippen molar-refractivity contribution in [2.45, 2.75) is 55.6 Å². The Labute approximate surface area is 216 Å². The van der Waals surface area contributed by atoms with E-state index in [1.807, 2.05) is 57.2 Å². The van der Waals surface area contributed by atoms with Crippen molar-refractivity contribution in [3.63, 3.8) is 0 Å². The number of thioether (sulfide) groups is 1. The Morgan fingerprint density at radius 1 is 1.08 bits per heavy atom. The number of rotatable bonds is 3. The third-order valence-corrected chi connectivity index (χ3v) is 9.79. The first-order valence-electron chi connectivity index (χ1n) is 12.8. The molecule has 7 nitrogen and oxygen atoms in total. The molecule has 5 rings (SSSR count). The summed E-state index contributed by atoms with van der Waals surface area (Å²) in [5.74, 6) is -2.30. The van der Waals surface area contributed by atoms with Crippen molar-refractivity contribution in [2.24, 2.45) is 11.8 Å². The van der Waals surface area contributed by atoms with Gasteiger partial charge in [0.1, 0.15) is 6.04 Å². The van der Waals surface area contributed by atoms with Crippen LogP contribution < -0.4 is 4.90 Å². The molecule has 0 radical (unpaired) electrons. The number of carbonyl (C=O) groups excluding carboxylic acids is 3. The predicted molar refractivity (Wildman–Crippen MR) is 140 cm³/mol. The van der Waals surface area contributed by atoms with Gasteiger partial charge in [0.2, 0.25) is 5.91 Å². The zero-order valence-corrected chi connectivity index (χ0v) is 21.9. The summed E-state index contributed by atoms with van der Waals surface area (Å²) in [6.07, 6.45) is 10.7. The molecule has 1 aromatic rings. The van der Waals surface area contributed by atoms with Crippen LogP contribution in [0, 0.1) is 25.7 Å². The van der Waals surface area contributed by atoms with Gasteiger partial charge in [-0.05, 0) is 57.2 Å². The number of benzene rings is 1. The van der Waals surface area contributed by atoms with E-state index < -0.39 is 27.4 Å². The molecule has 2 saturated heterocycles. The van der Waals surface area contributed by atoms with Crippen molar-refractivity contribution in [3.05, 3.63) is 53.6 Å². The maximum Gasteiger partial charge on any atom is 0.311 e. The molecule has 0 bridgehead atoms. The zero-order valence-electron chi connectivity index (χ0n) is 21.1. The highest BCUT2D eigenvalue weighted by Gasteiger charge is 2.73. The average molecular weight is 511 g/mol. The van der Waals surface area contributed by atoms with Crippen LogP contribution in [0.15, 0.2) is 42.5 Å². The fourth-order valence-electron chi connectivity index (χ4n) is 6.37. The number of carbonyl (C=O) groups is 3. The van der Waals surface area contributed by atoms with Gasteiger partial charge < -0.3 is 19.6 Å². The van der Waals surface area contributed by atoms with Crippen molar-refractivity contribution >= 4 is 35.2 Å². The maximum absolute atomic E-state index is 14.4. The average Bonchev–Trinajstić information content (AvgIpc) is 3.16.